The minimum Gasteiger partial charge on any atom is -0.493 e. The molecule has 0 radical (unpaired) electrons. The highest BCUT2D eigenvalue weighted by Crippen LogP contribution is 2.34. The van der Waals surface area contributed by atoms with Crippen molar-refractivity contribution in [3.05, 3.63) is 59.4 Å². The molecule has 1 atom stereocenters. The molecule has 0 spiro atoms. The van der Waals surface area contributed by atoms with Crippen molar-refractivity contribution in [2.45, 2.75) is 18.9 Å². The van der Waals surface area contributed by atoms with Crippen LogP contribution >= 0.6 is 0 Å². The highest BCUT2D eigenvalue weighted by Gasteiger charge is 2.20. The lowest BCUT2D eigenvalue weighted by Crippen LogP contribution is -2.04. The highest BCUT2D eigenvalue weighted by atomic mass is 16.5. The molecular formula is C15H15NO2. The largest absolute Gasteiger partial charge is 0.493 e. The van der Waals surface area contributed by atoms with E-state index < -0.39 is 6.10 Å². The van der Waals surface area contributed by atoms with Gasteiger partial charge in [-0.1, -0.05) is 24.3 Å². The van der Waals surface area contributed by atoms with Crippen LogP contribution in [-0.2, 0) is 12.8 Å². The van der Waals surface area contributed by atoms with Crippen LogP contribution in [0, 0.1) is 0 Å². The molecule has 1 aromatic carbocycles. The zero-order valence-corrected chi connectivity index (χ0v) is 10.0. The Labute approximate surface area is 106 Å². The van der Waals surface area contributed by atoms with Gasteiger partial charge in [-0.2, -0.15) is 0 Å². The van der Waals surface area contributed by atoms with Gasteiger partial charge in [-0.3, -0.25) is 4.98 Å². The molecule has 1 N–H and O–H groups in total. The van der Waals surface area contributed by atoms with Crippen molar-refractivity contribution >= 4 is 0 Å². The van der Waals surface area contributed by atoms with Gasteiger partial charge in [0.1, 0.15) is 5.75 Å². The predicted octanol–water partition coefficient (Wildman–Crippen LogP) is 2.29. The Morgan fingerprint density at radius 1 is 1.28 bits per heavy atom. The van der Waals surface area contributed by atoms with Crippen LogP contribution < -0.4 is 4.74 Å². The number of aliphatic hydroxyl groups is 1. The summed E-state index contributed by atoms with van der Waals surface area (Å²) in [6.45, 7) is 0.714. The standard InChI is InChI=1S/C15H15NO2/c17-14(9-11-3-2-7-16-10-11)13-5-1-4-12-6-8-18-15(12)13/h1-5,7,10,14,17H,6,8-9H2. The van der Waals surface area contributed by atoms with Crippen molar-refractivity contribution in [2.24, 2.45) is 0 Å². The van der Waals surface area contributed by atoms with Gasteiger partial charge in [-0.25, -0.2) is 0 Å². The molecule has 1 aliphatic rings. The van der Waals surface area contributed by atoms with Crippen LogP contribution in [-0.4, -0.2) is 16.7 Å². The molecule has 0 amide bonds. The second-order valence-electron chi connectivity index (χ2n) is 4.52. The fraction of sp³-hybridized carbons (Fsp3) is 0.267. The molecular weight excluding hydrogens is 226 g/mol. The summed E-state index contributed by atoms with van der Waals surface area (Å²) >= 11 is 0. The van der Waals surface area contributed by atoms with Crippen LogP contribution in [0.3, 0.4) is 0 Å². The lowest BCUT2D eigenvalue weighted by Gasteiger charge is -2.14. The average Bonchev–Trinajstić information content (AvgIpc) is 2.87. The molecule has 1 aliphatic heterocycles. The maximum atomic E-state index is 10.3. The summed E-state index contributed by atoms with van der Waals surface area (Å²) in [7, 11) is 0. The molecule has 0 saturated carbocycles. The molecule has 3 heteroatoms. The molecule has 0 saturated heterocycles. The number of aliphatic hydroxyl groups excluding tert-OH is 1. The Hall–Kier alpha value is -1.87. The minimum absolute atomic E-state index is 0.540. The molecule has 3 rings (SSSR count). The van der Waals surface area contributed by atoms with E-state index in [4.69, 9.17) is 4.74 Å². The summed E-state index contributed by atoms with van der Waals surface area (Å²) in [5.74, 6) is 0.869. The smallest absolute Gasteiger partial charge is 0.128 e. The predicted molar refractivity (Wildman–Crippen MR) is 68.5 cm³/mol. The average molecular weight is 241 g/mol. The summed E-state index contributed by atoms with van der Waals surface area (Å²) in [5, 5.41) is 10.3. The fourth-order valence-corrected chi connectivity index (χ4v) is 2.36. The Bertz CT molecular complexity index is 539. The van der Waals surface area contributed by atoms with Crippen molar-refractivity contribution in [2.75, 3.05) is 6.61 Å². The van der Waals surface area contributed by atoms with Crippen LogP contribution in [0.2, 0.25) is 0 Å². The normalized spacial score (nSPS) is 14.9. The Kier molecular flexibility index (Phi) is 2.99. The summed E-state index contributed by atoms with van der Waals surface area (Å²) in [6.07, 6.45) is 4.48. The van der Waals surface area contributed by atoms with Gasteiger partial charge >= 0.3 is 0 Å². The summed E-state index contributed by atoms with van der Waals surface area (Å²) < 4.78 is 5.61. The molecule has 3 nitrogen and oxygen atoms in total. The van der Waals surface area contributed by atoms with Gasteiger partial charge in [-0.05, 0) is 17.2 Å². The third kappa shape index (κ3) is 2.09. The summed E-state index contributed by atoms with van der Waals surface area (Å²) in [5.41, 5.74) is 3.10. The third-order valence-electron chi connectivity index (χ3n) is 3.26. The number of benzene rings is 1. The number of aromatic nitrogens is 1. The molecule has 0 fully saturated rings. The van der Waals surface area contributed by atoms with E-state index >= 15 is 0 Å². The van der Waals surface area contributed by atoms with E-state index in [9.17, 15) is 5.11 Å². The van der Waals surface area contributed by atoms with Gasteiger partial charge in [0.2, 0.25) is 0 Å². The number of para-hydroxylation sites is 1. The highest BCUT2D eigenvalue weighted by molar-refractivity contribution is 5.45. The maximum absolute atomic E-state index is 10.3. The van der Waals surface area contributed by atoms with Crippen molar-refractivity contribution in [3.8, 4) is 5.75 Å². The molecule has 2 aromatic rings. The van der Waals surface area contributed by atoms with Crippen molar-refractivity contribution in [1.82, 2.24) is 4.98 Å². The van der Waals surface area contributed by atoms with Crippen LogP contribution in [0.1, 0.15) is 22.8 Å². The topological polar surface area (TPSA) is 42.4 Å². The number of hydrogen-bond donors (Lipinski definition) is 1. The van der Waals surface area contributed by atoms with E-state index in [1.165, 1.54) is 5.56 Å². The molecule has 2 heterocycles. The number of hydrogen-bond acceptors (Lipinski definition) is 3. The summed E-state index contributed by atoms with van der Waals surface area (Å²) in [4.78, 5) is 4.06. The molecule has 92 valence electrons. The van der Waals surface area contributed by atoms with E-state index in [1.807, 2.05) is 24.3 Å². The molecule has 1 unspecified atom stereocenters. The number of nitrogens with zero attached hydrogens (tertiary/aromatic N) is 1. The van der Waals surface area contributed by atoms with Crippen LogP contribution in [0.5, 0.6) is 5.75 Å². The number of ether oxygens (including phenoxy) is 1. The zero-order chi connectivity index (χ0) is 12.4. The first kappa shape index (κ1) is 11.2. The van der Waals surface area contributed by atoms with Crippen LogP contribution in [0.25, 0.3) is 0 Å². The SMILES string of the molecule is OC(Cc1cccnc1)c1cccc2c1OCC2. The van der Waals surface area contributed by atoms with E-state index in [0.717, 1.165) is 23.3 Å². The lowest BCUT2D eigenvalue weighted by molar-refractivity contribution is 0.173. The maximum Gasteiger partial charge on any atom is 0.128 e. The van der Waals surface area contributed by atoms with Crippen molar-refractivity contribution in [3.63, 3.8) is 0 Å². The van der Waals surface area contributed by atoms with Gasteiger partial charge < -0.3 is 9.84 Å². The molecule has 1 aromatic heterocycles. The number of rotatable bonds is 3. The van der Waals surface area contributed by atoms with Gasteiger partial charge in [0.15, 0.2) is 0 Å². The first-order valence-corrected chi connectivity index (χ1v) is 6.16. The number of pyridine rings is 1. The van der Waals surface area contributed by atoms with E-state index in [-0.39, 0.29) is 0 Å². The molecule has 0 aliphatic carbocycles. The Balaban J connectivity index is 1.85. The van der Waals surface area contributed by atoms with Crippen LogP contribution in [0.4, 0.5) is 0 Å². The molecule has 18 heavy (non-hydrogen) atoms. The first-order valence-electron chi connectivity index (χ1n) is 6.16. The van der Waals surface area contributed by atoms with Gasteiger partial charge in [-0.15, -0.1) is 0 Å². The van der Waals surface area contributed by atoms with E-state index in [0.29, 0.717) is 13.0 Å². The van der Waals surface area contributed by atoms with Crippen LogP contribution in [0.15, 0.2) is 42.7 Å². The lowest BCUT2D eigenvalue weighted by atomic mass is 9.99. The monoisotopic (exact) mass is 241 g/mol. The van der Waals surface area contributed by atoms with Gasteiger partial charge in [0.05, 0.1) is 12.7 Å². The molecule has 0 bridgehead atoms. The van der Waals surface area contributed by atoms with Crippen molar-refractivity contribution in [1.29, 1.82) is 0 Å². The Morgan fingerprint density at radius 3 is 3.06 bits per heavy atom. The number of fused-ring (bicyclic) bond motifs is 1. The van der Waals surface area contributed by atoms with Gasteiger partial charge in [0.25, 0.3) is 0 Å². The third-order valence-corrected chi connectivity index (χ3v) is 3.26. The minimum atomic E-state index is -0.540. The van der Waals surface area contributed by atoms with Crippen molar-refractivity contribution < 1.29 is 9.84 Å². The van der Waals surface area contributed by atoms with Gasteiger partial charge in [0, 0.05) is 30.8 Å². The second kappa shape index (κ2) is 4.78. The quantitative estimate of drug-likeness (QED) is 0.896. The zero-order valence-electron chi connectivity index (χ0n) is 10.0. The second-order valence-corrected chi connectivity index (χ2v) is 4.52. The van der Waals surface area contributed by atoms with E-state index in [1.54, 1.807) is 12.4 Å². The fourth-order valence-electron chi connectivity index (χ4n) is 2.36. The van der Waals surface area contributed by atoms with E-state index in [2.05, 4.69) is 11.1 Å². The summed E-state index contributed by atoms with van der Waals surface area (Å²) in [6, 6.07) is 9.83. The first-order chi connectivity index (χ1) is 8.84. The Morgan fingerprint density at radius 2 is 2.22 bits per heavy atom.